The van der Waals surface area contributed by atoms with E-state index in [0.717, 1.165) is 13.1 Å². The van der Waals surface area contributed by atoms with Gasteiger partial charge in [-0.05, 0) is 32.5 Å². The molecule has 2 N–H and O–H groups in total. The SMILES string of the molecule is CN(C)CCC1(C)CN(N)C1. The molecule has 1 rings (SSSR count). The average molecular weight is 157 g/mol. The van der Waals surface area contributed by atoms with Crippen molar-refractivity contribution < 1.29 is 0 Å². The van der Waals surface area contributed by atoms with Crippen LogP contribution in [0.15, 0.2) is 0 Å². The molecule has 1 saturated heterocycles. The molecule has 0 amide bonds. The second-order valence-electron chi connectivity index (χ2n) is 4.27. The summed E-state index contributed by atoms with van der Waals surface area (Å²) >= 11 is 0. The highest BCUT2D eigenvalue weighted by Gasteiger charge is 2.36. The van der Waals surface area contributed by atoms with Gasteiger partial charge >= 0.3 is 0 Å². The zero-order valence-electron chi connectivity index (χ0n) is 7.80. The predicted octanol–water partition coefficient (Wildman–Crippen LogP) is 0.134. The van der Waals surface area contributed by atoms with E-state index in [9.17, 15) is 0 Å². The van der Waals surface area contributed by atoms with Gasteiger partial charge in [0.2, 0.25) is 0 Å². The molecule has 0 aliphatic carbocycles. The van der Waals surface area contributed by atoms with Crippen molar-refractivity contribution in [2.24, 2.45) is 11.3 Å². The van der Waals surface area contributed by atoms with Gasteiger partial charge in [-0.3, -0.25) is 5.84 Å². The van der Waals surface area contributed by atoms with Crippen molar-refractivity contribution in [1.29, 1.82) is 0 Å². The lowest BCUT2D eigenvalue weighted by atomic mass is 9.80. The summed E-state index contributed by atoms with van der Waals surface area (Å²) in [7, 11) is 4.23. The average Bonchev–Trinajstić information content (AvgIpc) is 1.81. The van der Waals surface area contributed by atoms with Gasteiger partial charge in [0.15, 0.2) is 0 Å². The maximum Gasteiger partial charge on any atom is 0.0196 e. The zero-order chi connectivity index (χ0) is 8.48. The molecular weight excluding hydrogens is 138 g/mol. The van der Waals surface area contributed by atoms with Crippen molar-refractivity contribution >= 4 is 0 Å². The molecule has 0 bridgehead atoms. The van der Waals surface area contributed by atoms with Crippen LogP contribution >= 0.6 is 0 Å². The normalized spacial score (nSPS) is 23.7. The molecule has 0 aromatic carbocycles. The van der Waals surface area contributed by atoms with Crippen LogP contribution in [0.4, 0.5) is 0 Å². The van der Waals surface area contributed by atoms with E-state index in [4.69, 9.17) is 5.84 Å². The van der Waals surface area contributed by atoms with Crippen molar-refractivity contribution in [3.05, 3.63) is 0 Å². The Balaban J connectivity index is 2.16. The van der Waals surface area contributed by atoms with Crippen molar-refractivity contribution in [2.45, 2.75) is 13.3 Å². The Labute approximate surface area is 69.1 Å². The topological polar surface area (TPSA) is 32.5 Å². The van der Waals surface area contributed by atoms with Gasteiger partial charge in [0.1, 0.15) is 0 Å². The summed E-state index contributed by atoms with van der Waals surface area (Å²) in [5.74, 6) is 5.58. The van der Waals surface area contributed by atoms with Crippen molar-refractivity contribution in [1.82, 2.24) is 9.91 Å². The summed E-state index contributed by atoms with van der Waals surface area (Å²) in [6.07, 6.45) is 1.26. The van der Waals surface area contributed by atoms with Gasteiger partial charge in [0.05, 0.1) is 0 Å². The minimum Gasteiger partial charge on any atom is -0.309 e. The number of hydrogen-bond donors (Lipinski definition) is 1. The minimum atomic E-state index is 0.485. The first kappa shape index (κ1) is 8.97. The molecule has 1 aliphatic heterocycles. The van der Waals surface area contributed by atoms with Gasteiger partial charge in [-0.15, -0.1) is 0 Å². The molecule has 11 heavy (non-hydrogen) atoms. The Bertz CT molecular complexity index is 127. The third kappa shape index (κ3) is 2.43. The van der Waals surface area contributed by atoms with Crippen LogP contribution in [0.2, 0.25) is 0 Å². The summed E-state index contributed by atoms with van der Waals surface area (Å²) in [4.78, 5) is 2.23. The van der Waals surface area contributed by atoms with Gasteiger partial charge in [0.25, 0.3) is 0 Å². The fourth-order valence-corrected chi connectivity index (χ4v) is 1.59. The number of rotatable bonds is 3. The smallest absolute Gasteiger partial charge is 0.0196 e. The second-order valence-corrected chi connectivity index (χ2v) is 4.27. The lowest BCUT2D eigenvalue weighted by Crippen LogP contribution is -2.58. The summed E-state index contributed by atoms with van der Waals surface area (Å²) < 4.78 is 0. The van der Waals surface area contributed by atoms with E-state index in [0.29, 0.717) is 5.41 Å². The van der Waals surface area contributed by atoms with Gasteiger partial charge in [-0.25, -0.2) is 5.01 Å². The molecule has 0 aromatic rings. The van der Waals surface area contributed by atoms with Crippen LogP contribution in [-0.2, 0) is 0 Å². The quantitative estimate of drug-likeness (QED) is 0.591. The second kappa shape index (κ2) is 3.09. The lowest BCUT2D eigenvalue weighted by molar-refractivity contribution is 0.00398. The molecule has 66 valence electrons. The summed E-state index contributed by atoms with van der Waals surface area (Å²) in [5, 5.41) is 1.88. The standard InChI is InChI=1S/C8H19N3/c1-8(4-5-10(2)3)6-11(9)7-8/h4-7,9H2,1-3H3. The Morgan fingerprint density at radius 3 is 2.36 bits per heavy atom. The molecular formula is C8H19N3. The largest absolute Gasteiger partial charge is 0.309 e. The van der Waals surface area contributed by atoms with E-state index in [1.54, 1.807) is 0 Å². The molecule has 1 heterocycles. The summed E-state index contributed by atoms with van der Waals surface area (Å²) in [5.41, 5.74) is 0.485. The predicted molar refractivity (Wildman–Crippen MR) is 47.0 cm³/mol. The molecule has 1 fully saturated rings. The first-order chi connectivity index (χ1) is 5.02. The number of nitrogens with zero attached hydrogens (tertiary/aromatic N) is 2. The molecule has 1 aliphatic rings. The molecule has 3 nitrogen and oxygen atoms in total. The van der Waals surface area contributed by atoms with E-state index in [1.807, 2.05) is 5.01 Å². The minimum absolute atomic E-state index is 0.485. The van der Waals surface area contributed by atoms with Crippen LogP contribution in [0.3, 0.4) is 0 Å². The number of hydrazine groups is 1. The Hall–Kier alpha value is -0.120. The molecule has 0 spiro atoms. The van der Waals surface area contributed by atoms with E-state index in [2.05, 4.69) is 25.9 Å². The highest BCUT2D eigenvalue weighted by atomic mass is 15.4. The van der Waals surface area contributed by atoms with Gasteiger partial charge in [0, 0.05) is 13.1 Å². The molecule has 0 radical (unpaired) electrons. The highest BCUT2D eigenvalue weighted by Crippen LogP contribution is 2.30. The molecule has 0 aromatic heterocycles. The fourth-order valence-electron chi connectivity index (χ4n) is 1.59. The molecule has 0 unspecified atom stereocenters. The molecule has 0 saturated carbocycles. The molecule has 3 heteroatoms. The number of nitrogens with two attached hydrogens (primary N) is 1. The van der Waals surface area contributed by atoms with E-state index in [1.165, 1.54) is 13.0 Å². The summed E-state index contributed by atoms with van der Waals surface area (Å²) in [6.45, 7) is 5.59. The van der Waals surface area contributed by atoms with Gasteiger partial charge in [-0.1, -0.05) is 6.92 Å². The Morgan fingerprint density at radius 1 is 1.45 bits per heavy atom. The van der Waals surface area contributed by atoms with Gasteiger partial charge in [-0.2, -0.15) is 0 Å². The van der Waals surface area contributed by atoms with Gasteiger partial charge < -0.3 is 4.90 Å². The van der Waals surface area contributed by atoms with Crippen molar-refractivity contribution in [2.75, 3.05) is 33.7 Å². The van der Waals surface area contributed by atoms with Crippen LogP contribution in [-0.4, -0.2) is 43.6 Å². The maximum absolute atomic E-state index is 5.58. The third-order valence-corrected chi connectivity index (χ3v) is 2.33. The van der Waals surface area contributed by atoms with E-state index < -0.39 is 0 Å². The first-order valence-corrected chi connectivity index (χ1v) is 4.16. The van der Waals surface area contributed by atoms with Crippen molar-refractivity contribution in [3.8, 4) is 0 Å². The lowest BCUT2D eigenvalue weighted by Gasteiger charge is -2.46. The first-order valence-electron chi connectivity index (χ1n) is 4.16. The van der Waals surface area contributed by atoms with E-state index >= 15 is 0 Å². The Morgan fingerprint density at radius 2 is 2.00 bits per heavy atom. The molecule has 0 atom stereocenters. The van der Waals surface area contributed by atoms with Crippen LogP contribution in [0.5, 0.6) is 0 Å². The Kier molecular flexibility index (Phi) is 2.52. The van der Waals surface area contributed by atoms with E-state index in [-0.39, 0.29) is 0 Å². The van der Waals surface area contributed by atoms with Crippen LogP contribution in [0.25, 0.3) is 0 Å². The number of hydrogen-bond acceptors (Lipinski definition) is 3. The van der Waals surface area contributed by atoms with Crippen LogP contribution in [0.1, 0.15) is 13.3 Å². The highest BCUT2D eigenvalue weighted by molar-refractivity contribution is 4.88. The maximum atomic E-state index is 5.58. The third-order valence-electron chi connectivity index (χ3n) is 2.33. The van der Waals surface area contributed by atoms with Crippen LogP contribution in [0, 0.1) is 5.41 Å². The monoisotopic (exact) mass is 157 g/mol. The zero-order valence-corrected chi connectivity index (χ0v) is 7.80. The van der Waals surface area contributed by atoms with Crippen molar-refractivity contribution in [3.63, 3.8) is 0 Å². The van der Waals surface area contributed by atoms with Crippen LogP contribution < -0.4 is 5.84 Å². The fraction of sp³-hybridized carbons (Fsp3) is 1.00. The summed E-state index contributed by atoms with van der Waals surface area (Å²) in [6, 6.07) is 0.